The van der Waals surface area contributed by atoms with E-state index in [1.54, 1.807) is 43.0 Å². The highest BCUT2D eigenvalue weighted by atomic mass is 16.4. The number of likely N-dealkylation sites (tertiary alicyclic amines) is 1. The summed E-state index contributed by atoms with van der Waals surface area (Å²) in [6, 6.07) is 5.88. The number of hydrogen-bond donors (Lipinski definition) is 2. The third kappa shape index (κ3) is 4.58. The van der Waals surface area contributed by atoms with Crippen LogP contribution < -0.4 is 10.6 Å². The molecule has 1 atom stereocenters. The minimum atomic E-state index is -0.653. The molecule has 0 aliphatic carbocycles. The van der Waals surface area contributed by atoms with E-state index in [0.717, 1.165) is 0 Å². The molecular formula is C19H23N3O5. The predicted octanol–water partition coefficient (Wildman–Crippen LogP) is 1.72. The Hall–Kier alpha value is -3.03. The molecule has 1 aliphatic heterocycles. The molecule has 0 bridgehead atoms. The van der Waals surface area contributed by atoms with Crippen LogP contribution in [0.5, 0.6) is 0 Å². The lowest BCUT2D eigenvalue weighted by atomic mass is 10.0. The fraction of sp³-hybridized carbons (Fsp3) is 0.421. The quantitative estimate of drug-likeness (QED) is 0.830. The number of rotatable bonds is 5. The number of nitrogens with one attached hydrogen (secondary N) is 2. The van der Waals surface area contributed by atoms with Crippen LogP contribution in [0.25, 0.3) is 0 Å². The van der Waals surface area contributed by atoms with Gasteiger partial charge in [0.1, 0.15) is 11.8 Å². The molecule has 3 amide bonds. The molecule has 1 fully saturated rings. The predicted molar refractivity (Wildman–Crippen MR) is 96.1 cm³/mol. The molecule has 0 saturated carbocycles. The monoisotopic (exact) mass is 373 g/mol. The van der Waals surface area contributed by atoms with Gasteiger partial charge in [0, 0.05) is 19.1 Å². The van der Waals surface area contributed by atoms with Crippen LogP contribution in [0.15, 0.2) is 39.4 Å². The van der Waals surface area contributed by atoms with Crippen molar-refractivity contribution in [3.8, 4) is 0 Å². The van der Waals surface area contributed by atoms with Crippen LogP contribution >= 0.6 is 0 Å². The van der Waals surface area contributed by atoms with E-state index in [4.69, 9.17) is 8.83 Å². The zero-order chi connectivity index (χ0) is 19.4. The summed E-state index contributed by atoms with van der Waals surface area (Å²) in [7, 11) is 0. The Kier molecular flexibility index (Phi) is 5.63. The number of carbonyl (C=O) groups excluding carboxylic acids is 3. The van der Waals surface area contributed by atoms with Gasteiger partial charge in [-0.1, -0.05) is 0 Å². The Morgan fingerprint density at radius 3 is 2.44 bits per heavy atom. The van der Waals surface area contributed by atoms with Gasteiger partial charge in [0.15, 0.2) is 11.5 Å². The van der Waals surface area contributed by atoms with Gasteiger partial charge in [0.05, 0.1) is 6.26 Å². The van der Waals surface area contributed by atoms with Crippen LogP contribution in [-0.4, -0.2) is 47.8 Å². The summed E-state index contributed by atoms with van der Waals surface area (Å²) in [6.45, 7) is 4.47. The molecule has 3 rings (SSSR count). The van der Waals surface area contributed by atoms with Crippen molar-refractivity contribution < 1.29 is 23.2 Å². The van der Waals surface area contributed by atoms with Crippen LogP contribution in [-0.2, 0) is 4.79 Å². The smallest absolute Gasteiger partial charge is 0.287 e. The first-order valence-corrected chi connectivity index (χ1v) is 8.94. The van der Waals surface area contributed by atoms with E-state index in [1.807, 2.05) is 0 Å². The average Bonchev–Trinajstić information content (AvgIpc) is 3.33. The highest BCUT2D eigenvalue weighted by Gasteiger charge is 2.28. The molecule has 3 heterocycles. The Morgan fingerprint density at radius 1 is 1.11 bits per heavy atom. The van der Waals surface area contributed by atoms with E-state index in [0.29, 0.717) is 37.5 Å². The zero-order valence-electron chi connectivity index (χ0n) is 15.4. The maximum absolute atomic E-state index is 12.5. The van der Waals surface area contributed by atoms with Gasteiger partial charge in [-0.2, -0.15) is 0 Å². The summed E-state index contributed by atoms with van der Waals surface area (Å²) < 4.78 is 10.3. The van der Waals surface area contributed by atoms with E-state index < -0.39 is 11.9 Å². The van der Waals surface area contributed by atoms with Crippen LogP contribution in [0, 0.1) is 6.92 Å². The maximum Gasteiger partial charge on any atom is 0.287 e. The largest absolute Gasteiger partial charge is 0.459 e. The van der Waals surface area contributed by atoms with Crippen molar-refractivity contribution in [2.45, 2.75) is 38.8 Å². The summed E-state index contributed by atoms with van der Waals surface area (Å²) in [6.07, 6.45) is 2.70. The van der Waals surface area contributed by atoms with Gasteiger partial charge >= 0.3 is 0 Å². The van der Waals surface area contributed by atoms with Crippen molar-refractivity contribution in [2.24, 2.45) is 0 Å². The van der Waals surface area contributed by atoms with E-state index in [9.17, 15) is 14.4 Å². The van der Waals surface area contributed by atoms with Gasteiger partial charge in [-0.05, 0) is 51.0 Å². The molecular weight excluding hydrogens is 350 g/mol. The lowest BCUT2D eigenvalue weighted by Crippen LogP contribution is -2.52. The summed E-state index contributed by atoms with van der Waals surface area (Å²) >= 11 is 0. The van der Waals surface area contributed by atoms with E-state index >= 15 is 0 Å². The van der Waals surface area contributed by atoms with E-state index in [-0.39, 0.29) is 23.6 Å². The van der Waals surface area contributed by atoms with Crippen LogP contribution in [0.4, 0.5) is 0 Å². The van der Waals surface area contributed by atoms with Gasteiger partial charge in [-0.25, -0.2) is 0 Å². The fourth-order valence-corrected chi connectivity index (χ4v) is 3.07. The molecule has 144 valence electrons. The number of aryl methyl sites for hydroxylation is 1. The van der Waals surface area contributed by atoms with Crippen molar-refractivity contribution in [3.05, 3.63) is 47.8 Å². The standard InChI is InChI=1S/C19H23N3O5/c1-12-5-6-16(27-12)18(24)21-14-7-9-22(10-8-14)19(25)13(2)20-17(23)15-4-3-11-26-15/h3-6,11,13-14H,7-10H2,1-2H3,(H,20,23)(H,21,24). The Balaban J connectivity index is 1.46. The lowest BCUT2D eigenvalue weighted by Gasteiger charge is -2.33. The third-order valence-electron chi connectivity index (χ3n) is 4.57. The number of nitrogens with zero attached hydrogens (tertiary/aromatic N) is 1. The van der Waals surface area contributed by atoms with Gasteiger partial charge in [0.2, 0.25) is 5.91 Å². The first kappa shape index (κ1) is 18.8. The second-order valence-corrected chi connectivity index (χ2v) is 6.66. The van der Waals surface area contributed by atoms with Crippen molar-refractivity contribution in [1.82, 2.24) is 15.5 Å². The van der Waals surface area contributed by atoms with Crippen LogP contribution in [0.2, 0.25) is 0 Å². The molecule has 2 N–H and O–H groups in total. The molecule has 0 aromatic carbocycles. The SMILES string of the molecule is Cc1ccc(C(=O)NC2CCN(C(=O)C(C)NC(=O)c3ccco3)CC2)o1. The molecule has 27 heavy (non-hydrogen) atoms. The average molecular weight is 373 g/mol. The van der Waals surface area contributed by atoms with Crippen LogP contribution in [0.3, 0.4) is 0 Å². The normalized spacial score (nSPS) is 16.0. The number of hydrogen-bond acceptors (Lipinski definition) is 5. The van der Waals surface area contributed by atoms with Gasteiger partial charge in [-0.15, -0.1) is 0 Å². The summed E-state index contributed by atoms with van der Waals surface area (Å²) in [5.41, 5.74) is 0. The number of amides is 3. The number of carbonyl (C=O) groups is 3. The van der Waals surface area contributed by atoms with Gasteiger partial charge in [-0.3, -0.25) is 14.4 Å². The van der Waals surface area contributed by atoms with Gasteiger partial charge in [0.25, 0.3) is 11.8 Å². The zero-order valence-corrected chi connectivity index (χ0v) is 15.4. The minimum absolute atomic E-state index is 0.0139. The van der Waals surface area contributed by atoms with Crippen molar-refractivity contribution >= 4 is 17.7 Å². The second-order valence-electron chi connectivity index (χ2n) is 6.66. The molecule has 0 radical (unpaired) electrons. The fourth-order valence-electron chi connectivity index (χ4n) is 3.07. The topological polar surface area (TPSA) is 105 Å². The van der Waals surface area contributed by atoms with E-state index in [2.05, 4.69) is 10.6 Å². The highest BCUT2D eigenvalue weighted by molar-refractivity contribution is 5.95. The second kappa shape index (κ2) is 8.11. The Labute approximate surface area is 156 Å². The third-order valence-corrected chi connectivity index (χ3v) is 4.57. The molecule has 1 aliphatic rings. The molecule has 1 unspecified atom stereocenters. The lowest BCUT2D eigenvalue weighted by molar-refractivity contribution is -0.133. The first-order valence-electron chi connectivity index (χ1n) is 8.94. The van der Waals surface area contributed by atoms with Crippen molar-refractivity contribution in [3.63, 3.8) is 0 Å². The summed E-state index contributed by atoms with van der Waals surface area (Å²) in [4.78, 5) is 38.4. The molecule has 8 nitrogen and oxygen atoms in total. The minimum Gasteiger partial charge on any atom is -0.459 e. The molecule has 8 heteroatoms. The first-order chi connectivity index (χ1) is 12.9. The highest BCUT2D eigenvalue weighted by Crippen LogP contribution is 2.14. The number of furan rings is 2. The van der Waals surface area contributed by atoms with Crippen LogP contribution in [0.1, 0.15) is 46.6 Å². The van der Waals surface area contributed by atoms with Gasteiger partial charge < -0.3 is 24.4 Å². The molecule has 1 saturated heterocycles. The number of piperidine rings is 1. The molecule has 2 aromatic rings. The van der Waals surface area contributed by atoms with Crippen molar-refractivity contribution in [2.75, 3.05) is 13.1 Å². The molecule has 2 aromatic heterocycles. The summed E-state index contributed by atoms with van der Waals surface area (Å²) in [5, 5.41) is 5.58. The Morgan fingerprint density at radius 2 is 1.85 bits per heavy atom. The maximum atomic E-state index is 12.5. The Bertz CT molecular complexity index is 803. The summed E-state index contributed by atoms with van der Waals surface area (Å²) in [5.74, 6) is 0.334. The van der Waals surface area contributed by atoms with Crippen molar-refractivity contribution in [1.29, 1.82) is 0 Å². The van der Waals surface area contributed by atoms with E-state index in [1.165, 1.54) is 6.26 Å². The molecule has 0 spiro atoms.